The number of benzene rings is 2. The van der Waals surface area contributed by atoms with Crippen LogP contribution in [0.25, 0.3) is 11.5 Å². The fourth-order valence-electron chi connectivity index (χ4n) is 2.03. The lowest BCUT2D eigenvalue weighted by Gasteiger charge is -2.03. The number of nitrogens with zero attached hydrogens (tertiary/aromatic N) is 2. The molecule has 0 aliphatic carbocycles. The van der Waals surface area contributed by atoms with Crippen LogP contribution in [0.15, 0.2) is 51.4 Å². The van der Waals surface area contributed by atoms with Crippen molar-refractivity contribution in [3.63, 3.8) is 0 Å². The molecule has 0 N–H and O–H groups in total. The predicted octanol–water partition coefficient (Wildman–Crippen LogP) is 5.09. The molecule has 5 nitrogen and oxygen atoms in total. The summed E-state index contributed by atoms with van der Waals surface area (Å²) >= 11 is 15.1. The first-order valence-electron chi connectivity index (χ1n) is 7.19. The van der Waals surface area contributed by atoms with Gasteiger partial charge in [0, 0.05) is 10.0 Å². The zero-order chi connectivity index (χ0) is 17.8. The lowest BCUT2D eigenvalue weighted by Crippen LogP contribution is -2.08. The minimum absolute atomic E-state index is 0.0740. The molecule has 128 valence electrons. The monoisotopic (exact) mass is 440 g/mol. The van der Waals surface area contributed by atoms with Crippen LogP contribution in [0.3, 0.4) is 0 Å². The summed E-state index contributed by atoms with van der Waals surface area (Å²) in [4.78, 5) is 11.9. The summed E-state index contributed by atoms with van der Waals surface area (Å²) in [6, 6.07) is 12.4. The lowest BCUT2D eigenvalue weighted by atomic mass is 10.1. The SMILES string of the molecule is O=C(Cc1ccc(Cl)c(Cl)c1)OCc1nnc(-c2ccc(Br)cc2)o1. The molecule has 1 heterocycles. The molecule has 0 bridgehead atoms. The van der Waals surface area contributed by atoms with Crippen LogP contribution in [-0.2, 0) is 22.6 Å². The molecular formula is C17H11BrCl2N2O3. The summed E-state index contributed by atoms with van der Waals surface area (Å²) in [5.74, 6) is 0.158. The molecule has 0 aliphatic rings. The molecule has 3 rings (SSSR count). The molecule has 3 aromatic rings. The van der Waals surface area contributed by atoms with Gasteiger partial charge in [0.15, 0.2) is 6.61 Å². The fourth-order valence-corrected chi connectivity index (χ4v) is 2.62. The normalized spacial score (nSPS) is 10.7. The van der Waals surface area contributed by atoms with Crippen molar-refractivity contribution in [3.8, 4) is 11.5 Å². The van der Waals surface area contributed by atoms with Gasteiger partial charge in [-0.3, -0.25) is 4.79 Å². The fraction of sp³-hybridized carbons (Fsp3) is 0.118. The van der Waals surface area contributed by atoms with E-state index in [1.807, 2.05) is 24.3 Å². The largest absolute Gasteiger partial charge is 0.455 e. The molecule has 0 amide bonds. The minimum Gasteiger partial charge on any atom is -0.455 e. The van der Waals surface area contributed by atoms with E-state index in [9.17, 15) is 4.79 Å². The quantitative estimate of drug-likeness (QED) is 0.515. The summed E-state index contributed by atoms with van der Waals surface area (Å²) in [6.45, 7) is -0.0936. The summed E-state index contributed by atoms with van der Waals surface area (Å²) in [5, 5.41) is 8.65. The Balaban J connectivity index is 1.57. The van der Waals surface area contributed by atoms with E-state index in [0.717, 1.165) is 10.0 Å². The van der Waals surface area contributed by atoms with E-state index >= 15 is 0 Å². The van der Waals surface area contributed by atoms with Gasteiger partial charge < -0.3 is 9.15 Å². The van der Waals surface area contributed by atoms with E-state index in [-0.39, 0.29) is 18.9 Å². The average Bonchev–Trinajstić information content (AvgIpc) is 3.06. The molecule has 0 aliphatic heterocycles. The Bertz CT molecular complexity index is 897. The van der Waals surface area contributed by atoms with Gasteiger partial charge in [0.05, 0.1) is 16.5 Å². The predicted molar refractivity (Wildman–Crippen MR) is 97.4 cm³/mol. The highest BCUT2D eigenvalue weighted by Crippen LogP contribution is 2.23. The summed E-state index contributed by atoms with van der Waals surface area (Å²) in [6.07, 6.45) is 0.0740. The van der Waals surface area contributed by atoms with Gasteiger partial charge in [0.2, 0.25) is 5.89 Å². The van der Waals surface area contributed by atoms with Gasteiger partial charge in [-0.15, -0.1) is 10.2 Å². The number of carbonyl (C=O) groups excluding carboxylic acids is 1. The van der Waals surface area contributed by atoms with Crippen LogP contribution in [0.2, 0.25) is 10.0 Å². The van der Waals surface area contributed by atoms with Crippen LogP contribution in [0, 0.1) is 0 Å². The number of hydrogen-bond donors (Lipinski definition) is 0. The smallest absolute Gasteiger partial charge is 0.310 e. The first-order chi connectivity index (χ1) is 12.0. The highest BCUT2D eigenvalue weighted by molar-refractivity contribution is 9.10. The maximum absolute atomic E-state index is 11.9. The maximum Gasteiger partial charge on any atom is 0.310 e. The Hall–Kier alpha value is -1.89. The van der Waals surface area contributed by atoms with E-state index in [1.165, 1.54) is 0 Å². The Morgan fingerprint density at radius 1 is 1.08 bits per heavy atom. The second kappa shape index (κ2) is 7.99. The zero-order valence-corrected chi connectivity index (χ0v) is 15.8. The molecule has 0 saturated carbocycles. The Morgan fingerprint density at radius 3 is 2.56 bits per heavy atom. The van der Waals surface area contributed by atoms with Gasteiger partial charge in [0.1, 0.15) is 0 Å². The summed E-state index contributed by atoms with van der Waals surface area (Å²) in [5.41, 5.74) is 1.49. The lowest BCUT2D eigenvalue weighted by molar-refractivity contribution is -0.144. The van der Waals surface area contributed by atoms with Crippen molar-refractivity contribution in [3.05, 3.63) is 68.4 Å². The van der Waals surface area contributed by atoms with Gasteiger partial charge in [-0.1, -0.05) is 45.2 Å². The van der Waals surface area contributed by atoms with E-state index in [1.54, 1.807) is 18.2 Å². The van der Waals surface area contributed by atoms with Gasteiger partial charge >= 0.3 is 5.97 Å². The Labute approximate surface area is 162 Å². The molecule has 1 aromatic heterocycles. The van der Waals surface area contributed by atoms with Crippen molar-refractivity contribution in [2.24, 2.45) is 0 Å². The van der Waals surface area contributed by atoms with E-state index in [0.29, 0.717) is 21.5 Å². The van der Waals surface area contributed by atoms with Crippen LogP contribution in [-0.4, -0.2) is 16.2 Å². The highest BCUT2D eigenvalue weighted by Gasteiger charge is 2.12. The average molecular weight is 442 g/mol. The third-order valence-corrected chi connectivity index (χ3v) is 4.51. The van der Waals surface area contributed by atoms with Gasteiger partial charge in [0.25, 0.3) is 5.89 Å². The van der Waals surface area contributed by atoms with Crippen molar-refractivity contribution in [2.45, 2.75) is 13.0 Å². The van der Waals surface area contributed by atoms with Crippen LogP contribution < -0.4 is 0 Å². The number of hydrogen-bond acceptors (Lipinski definition) is 5. The molecule has 8 heteroatoms. The van der Waals surface area contributed by atoms with Crippen molar-refractivity contribution >= 4 is 45.1 Å². The molecule has 0 atom stereocenters. The van der Waals surface area contributed by atoms with Crippen LogP contribution in [0.4, 0.5) is 0 Å². The van der Waals surface area contributed by atoms with Crippen LogP contribution >= 0.6 is 39.1 Å². The van der Waals surface area contributed by atoms with Gasteiger partial charge in [-0.05, 0) is 42.0 Å². The topological polar surface area (TPSA) is 65.2 Å². The van der Waals surface area contributed by atoms with Gasteiger partial charge in [-0.25, -0.2) is 0 Å². The van der Waals surface area contributed by atoms with E-state index in [4.69, 9.17) is 32.4 Å². The van der Waals surface area contributed by atoms with E-state index in [2.05, 4.69) is 26.1 Å². The molecular weight excluding hydrogens is 431 g/mol. The zero-order valence-electron chi connectivity index (χ0n) is 12.7. The minimum atomic E-state index is -0.429. The van der Waals surface area contributed by atoms with Crippen molar-refractivity contribution in [1.82, 2.24) is 10.2 Å². The molecule has 0 spiro atoms. The first-order valence-corrected chi connectivity index (χ1v) is 8.74. The van der Waals surface area contributed by atoms with Crippen LogP contribution in [0.1, 0.15) is 11.5 Å². The number of halogens is 3. The third kappa shape index (κ3) is 4.81. The number of ether oxygens (including phenoxy) is 1. The van der Waals surface area contributed by atoms with Crippen molar-refractivity contribution < 1.29 is 13.9 Å². The molecule has 0 radical (unpaired) electrons. The summed E-state index contributed by atoms with van der Waals surface area (Å²) in [7, 11) is 0. The second-order valence-corrected chi connectivity index (χ2v) is 6.82. The molecule has 0 saturated heterocycles. The third-order valence-electron chi connectivity index (χ3n) is 3.25. The highest BCUT2D eigenvalue weighted by atomic mass is 79.9. The number of esters is 1. The van der Waals surface area contributed by atoms with Gasteiger partial charge in [-0.2, -0.15) is 0 Å². The Morgan fingerprint density at radius 2 is 1.84 bits per heavy atom. The second-order valence-electron chi connectivity index (χ2n) is 5.09. The molecule has 0 unspecified atom stereocenters. The van der Waals surface area contributed by atoms with Crippen molar-refractivity contribution in [1.29, 1.82) is 0 Å². The molecule has 2 aromatic carbocycles. The number of aromatic nitrogens is 2. The molecule has 0 fully saturated rings. The van der Waals surface area contributed by atoms with Crippen molar-refractivity contribution in [2.75, 3.05) is 0 Å². The maximum atomic E-state index is 11.9. The standard InChI is InChI=1S/C17H11BrCl2N2O3/c18-12-4-2-11(3-5-12)17-22-21-15(25-17)9-24-16(23)8-10-1-6-13(19)14(20)7-10/h1-7H,8-9H2. The van der Waals surface area contributed by atoms with E-state index < -0.39 is 5.97 Å². The Kier molecular flexibility index (Phi) is 5.73. The number of carbonyl (C=O) groups is 1. The summed E-state index contributed by atoms with van der Waals surface area (Å²) < 4.78 is 11.6. The van der Waals surface area contributed by atoms with Crippen LogP contribution in [0.5, 0.6) is 0 Å². The molecule has 25 heavy (non-hydrogen) atoms. The number of rotatable bonds is 5. The first kappa shape index (κ1) is 17.9.